The smallest absolute Gasteiger partial charge is 0.317 e. The number of amides is 2. The zero-order chi connectivity index (χ0) is 12.0. The Balaban J connectivity index is 2.30. The van der Waals surface area contributed by atoms with E-state index in [1.807, 2.05) is 11.9 Å². The normalized spacial score (nSPS) is 25.6. The SMILES string of the molecule is CCCCNC(=O)N1CCC(NC)C(C)C1. The highest BCUT2D eigenvalue weighted by Crippen LogP contribution is 2.16. The van der Waals surface area contributed by atoms with Gasteiger partial charge in [0.05, 0.1) is 0 Å². The molecule has 2 atom stereocenters. The molecule has 0 spiro atoms. The van der Waals surface area contributed by atoms with Crippen LogP contribution in [0.5, 0.6) is 0 Å². The number of hydrogen-bond acceptors (Lipinski definition) is 2. The molecule has 94 valence electrons. The van der Waals surface area contributed by atoms with Gasteiger partial charge in [-0.3, -0.25) is 0 Å². The van der Waals surface area contributed by atoms with Crippen LogP contribution in [0.2, 0.25) is 0 Å². The third kappa shape index (κ3) is 3.67. The molecule has 1 fully saturated rings. The molecule has 2 amide bonds. The minimum Gasteiger partial charge on any atom is -0.338 e. The quantitative estimate of drug-likeness (QED) is 0.714. The van der Waals surface area contributed by atoms with Crippen LogP contribution in [0, 0.1) is 5.92 Å². The van der Waals surface area contributed by atoms with Crippen molar-refractivity contribution in [3.63, 3.8) is 0 Å². The van der Waals surface area contributed by atoms with Crippen LogP contribution in [0.25, 0.3) is 0 Å². The van der Waals surface area contributed by atoms with Crippen molar-refractivity contribution < 1.29 is 4.79 Å². The lowest BCUT2D eigenvalue weighted by Crippen LogP contribution is -2.52. The lowest BCUT2D eigenvalue weighted by atomic mass is 9.94. The second-order valence-electron chi connectivity index (χ2n) is 4.69. The zero-order valence-corrected chi connectivity index (χ0v) is 10.8. The molecule has 1 heterocycles. The predicted octanol–water partition coefficient (Wildman–Crippen LogP) is 1.43. The topological polar surface area (TPSA) is 44.4 Å². The number of unbranched alkanes of at least 4 members (excludes halogenated alkanes) is 1. The fraction of sp³-hybridized carbons (Fsp3) is 0.917. The molecule has 0 aromatic heterocycles. The van der Waals surface area contributed by atoms with Gasteiger partial charge in [-0.05, 0) is 25.8 Å². The van der Waals surface area contributed by atoms with Gasteiger partial charge in [-0.2, -0.15) is 0 Å². The summed E-state index contributed by atoms with van der Waals surface area (Å²) in [6, 6.07) is 0.662. The van der Waals surface area contributed by atoms with Crippen molar-refractivity contribution in [2.24, 2.45) is 5.92 Å². The number of nitrogens with zero attached hydrogens (tertiary/aromatic N) is 1. The number of carbonyl (C=O) groups excluding carboxylic acids is 1. The summed E-state index contributed by atoms with van der Waals surface area (Å²) in [6.07, 6.45) is 3.24. The van der Waals surface area contributed by atoms with E-state index in [0.29, 0.717) is 12.0 Å². The van der Waals surface area contributed by atoms with E-state index in [9.17, 15) is 4.79 Å². The molecule has 1 aliphatic rings. The highest BCUT2D eigenvalue weighted by Gasteiger charge is 2.27. The van der Waals surface area contributed by atoms with Gasteiger partial charge in [0.15, 0.2) is 0 Å². The maximum Gasteiger partial charge on any atom is 0.317 e. The fourth-order valence-corrected chi connectivity index (χ4v) is 2.24. The zero-order valence-electron chi connectivity index (χ0n) is 10.8. The van der Waals surface area contributed by atoms with Crippen LogP contribution in [0.3, 0.4) is 0 Å². The third-order valence-electron chi connectivity index (χ3n) is 3.37. The van der Waals surface area contributed by atoms with E-state index in [-0.39, 0.29) is 6.03 Å². The Kier molecular flexibility index (Phi) is 5.60. The van der Waals surface area contributed by atoms with Crippen LogP contribution < -0.4 is 10.6 Å². The van der Waals surface area contributed by atoms with Crippen LogP contribution >= 0.6 is 0 Å². The van der Waals surface area contributed by atoms with Crippen molar-refractivity contribution >= 4 is 6.03 Å². The van der Waals surface area contributed by atoms with E-state index in [0.717, 1.165) is 38.9 Å². The van der Waals surface area contributed by atoms with E-state index >= 15 is 0 Å². The van der Waals surface area contributed by atoms with E-state index in [2.05, 4.69) is 24.5 Å². The molecule has 0 aromatic rings. The minimum absolute atomic E-state index is 0.106. The Labute approximate surface area is 98.8 Å². The molecule has 2 N–H and O–H groups in total. The summed E-state index contributed by atoms with van der Waals surface area (Å²) in [4.78, 5) is 13.7. The number of nitrogens with one attached hydrogen (secondary N) is 2. The Morgan fingerprint density at radius 2 is 2.25 bits per heavy atom. The first-order chi connectivity index (χ1) is 7.69. The first kappa shape index (κ1) is 13.3. The number of likely N-dealkylation sites (tertiary alicyclic amines) is 1. The standard InChI is InChI=1S/C12H25N3O/c1-4-5-7-14-12(16)15-8-6-11(13-3)10(2)9-15/h10-11,13H,4-9H2,1-3H3,(H,14,16). The van der Waals surface area contributed by atoms with Gasteiger partial charge in [0.25, 0.3) is 0 Å². The molecule has 0 aromatic carbocycles. The Bertz CT molecular complexity index is 220. The molecule has 0 radical (unpaired) electrons. The van der Waals surface area contributed by atoms with Crippen molar-refractivity contribution in [3.8, 4) is 0 Å². The van der Waals surface area contributed by atoms with Crippen LogP contribution in [0.1, 0.15) is 33.1 Å². The first-order valence-electron chi connectivity index (χ1n) is 6.39. The molecule has 0 saturated carbocycles. The summed E-state index contributed by atoms with van der Waals surface area (Å²) in [5.74, 6) is 0.538. The third-order valence-corrected chi connectivity index (χ3v) is 3.37. The van der Waals surface area contributed by atoms with E-state index in [4.69, 9.17) is 0 Å². The molecule has 1 aliphatic heterocycles. The largest absolute Gasteiger partial charge is 0.338 e. The van der Waals surface area contributed by atoms with Gasteiger partial charge >= 0.3 is 6.03 Å². The Morgan fingerprint density at radius 1 is 1.50 bits per heavy atom. The summed E-state index contributed by atoms with van der Waals surface area (Å²) in [5.41, 5.74) is 0. The Hall–Kier alpha value is -0.770. The average molecular weight is 227 g/mol. The second kappa shape index (κ2) is 6.74. The van der Waals surface area contributed by atoms with E-state index in [1.54, 1.807) is 0 Å². The maximum atomic E-state index is 11.8. The maximum absolute atomic E-state index is 11.8. The molecule has 4 heteroatoms. The number of carbonyl (C=O) groups is 1. The van der Waals surface area contributed by atoms with Crippen LogP contribution in [0.15, 0.2) is 0 Å². The molecular formula is C12H25N3O. The second-order valence-corrected chi connectivity index (χ2v) is 4.69. The van der Waals surface area contributed by atoms with Gasteiger partial charge in [0.1, 0.15) is 0 Å². The van der Waals surface area contributed by atoms with Gasteiger partial charge in [-0.25, -0.2) is 4.79 Å². The first-order valence-corrected chi connectivity index (χ1v) is 6.39. The summed E-state index contributed by atoms with van der Waals surface area (Å²) >= 11 is 0. The van der Waals surface area contributed by atoms with Crippen LogP contribution in [0.4, 0.5) is 4.79 Å². The summed E-state index contributed by atoms with van der Waals surface area (Å²) in [7, 11) is 2.00. The fourth-order valence-electron chi connectivity index (χ4n) is 2.24. The molecule has 0 aliphatic carbocycles. The summed E-state index contributed by atoms with van der Waals surface area (Å²) < 4.78 is 0. The monoisotopic (exact) mass is 227 g/mol. The summed E-state index contributed by atoms with van der Waals surface area (Å²) in [6.45, 7) is 6.87. The number of rotatable bonds is 4. The van der Waals surface area contributed by atoms with Gasteiger partial charge < -0.3 is 15.5 Å². The van der Waals surface area contributed by atoms with Gasteiger partial charge in [0, 0.05) is 25.7 Å². The average Bonchev–Trinajstić information content (AvgIpc) is 2.29. The van der Waals surface area contributed by atoms with Gasteiger partial charge in [-0.1, -0.05) is 20.3 Å². The van der Waals surface area contributed by atoms with Crippen molar-refractivity contribution in [3.05, 3.63) is 0 Å². The van der Waals surface area contributed by atoms with Crippen molar-refractivity contribution in [1.29, 1.82) is 0 Å². The van der Waals surface area contributed by atoms with Crippen LogP contribution in [-0.4, -0.2) is 43.7 Å². The predicted molar refractivity (Wildman–Crippen MR) is 66.5 cm³/mol. The molecule has 2 unspecified atom stereocenters. The summed E-state index contributed by atoms with van der Waals surface area (Å²) in [5, 5.41) is 6.28. The number of hydrogen-bond donors (Lipinski definition) is 2. The van der Waals surface area contributed by atoms with Crippen LogP contribution in [-0.2, 0) is 0 Å². The lowest BCUT2D eigenvalue weighted by molar-refractivity contribution is 0.152. The molecule has 0 bridgehead atoms. The van der Waals surface area contributed by atoms with Crippen molar-refractivity contribution in [1.82, 2.24) is 15.5 Å². The molecule has 1 rings (SSSR count). The molecule has 4 nitrogen and oxygen atoms in total. The lowest BCUT2D eigenvalue weighted by Gasteiger charge is -2.36. The number of piperidine rings is 1. The van der Waals surface area contributed by atoms with Crippen molar-refractivity contribution in [2.45, 2.75) is 39.2 Å². The highest BCUT2D eigenvalue weighted by molar-refractivity contribution is 5.74. The minimum atomic E-state index is 0.106. The molecule has 16 heavy (non-hydrogen) atoms. The Morgan fingerprint density at radius 3 is 2.81 bits per heavy atom. The van der Waals surface area contributed by atoms with E-state index < -0.39 is 0 Å². The van der Waals surface area contributed by atoms with Crippen molar-refractivity contribution in [2.75, 3.05) is 26.7 Å². The highest BCUT2D eigenvalue weighted by atomic mass is 16.2. The van der Waals surface area contributed by atoms with E-state index in [1.165, 1.54) is 0 Å². The van der Waals surface area contributed by atoms with Gasteiger partial charge in [0.2, 0.25) is 0 Å². The molecular weight excluding hydrogens is 202 g/mol. The molecule has 1 saturated heterocycles. The number of urea groups is 1. The van der Waals surface area contributed by atoms with Gasteiger partial charge in [-0.15, -0.1) is 0 Å².